The molecule has 18 nitrogen and oxygen atoms in total. The number of aromatic hydroxyl groups is 1. The smallest absolute Gasteiger partial charge is 0.234 e. The molecular weight excluding hydrogens is 913 g/mol. The molecule has 6 atom stereocenters. The van der Waals surface area contributed by atoms with Crippen LogP contribution in [0, 0.1) is 17.8 Å². The quantitative estimate of drug-likeness (QED) is 0.0285. The van der Waals surface area contributed by atoms with Crippen molar-refractivity contribution in [3.8, 4) is 5.75 Å². The van der Waals surface area contributed by atoms with E-state index >= 15 is 0 Å². The van der Waals surface area contributed by atoms with E-state index in [0.29, 0.717) is 116 Å². The third-order valence-corrected chi connectivity index (χ3v) is 13.6. The number of ketones is 4. The van der Waals surface area contributed by atoms with Gasteiger partial charge in [-0.2, -0.15) is 11.8 Å². The second-order valence-corrected chi connectivity index (χ2v) is 19.4. The molecule has 68 heavy (non-hydrogen) atoms. The van der Waals surface area contributed by atoms with Crippen LogP contribution >= 0.6 is 23.5 Å². The summed E-state index contributed by atoms with van der Waals surface area (Å²) >= 11 is 2.77. The Morgan fingerprint density at radius 1 is 0.941 bits per heavy atom. The lowest BCUT2D eigenvalue weighted by Crippen LogP contribution is -2.47. The van der Waals surface area contributed by atoms with Gasteiger partial charge in [0, 0.05) is 57.1 Å². The average molecular weight is 993 g/mol. The number of amides is 3. The van der Waals surface area contributed by atoms with Gasteiger partial charge in [0.25, 0.3) is 0 Å². The number of unbranched alkanes of at least 4 members (excludes halogenated alkanes) is 1. The number of nitrogens with two attached hydrogens (primary N) is 3. The third kappa shape index (κ3) is 27.2. The maximum atomic E-state index is 14.0. The molecule has 3 amide bonds. The molecule has 2 rings (SSSR count). The summed E-state index contributed by atoms with van der Waals surface area (Å²) in [6.45, 7) is 6.45. The highest BCUT2D eigenvalue weighted by molar-refractivity contribution is 8.00. The fourth-order valence-electron chi connectivity index (χ4n) is 7.66. The largest absolute Gasteiger partial charge is 0.508 e. The van der Waals surface area contributed by atoms with Crippen molar-refractivity contribution in [1.29, 1.82) is 0 Å². The van der Waals surface area contributed by atoms with Gasteiger partial charge in [0.15, 0.2) is 17.5 Å². The molecule has 384 valence electrons. The van der Waals surface area contributed by atoms with Crippen molar-refractivity contribution in [2.24, 2.45) is 39.9 Å². The highest BCUT2D eigenvalue weighted by Crippen LogP contribution is 2.22. The number of primary amides is 1. The van der Waals surface area contributed by atoms with E-state index in [1.165, 1.54) is 23.5 Å². The molecule has 20 heteroatoms. The Balaban J connectivity index is 2.03. The van der Waals surface area contributed by atoms with E-state index in [9.17, 15) is 38.7 Å². The molecule has 0 radical (unpaired) electrons. The molecule has 1 aromatic carbocycles. The summed E-state index contributed by atoms with van der Waals surface area (Å²) in [4.78, 5) is 95.1. The van der Waals surface area contributed by atoms with Crippen LogP contribution in [0.3, 0.4) is 0 Å². The molecule has 1 fully saturated rings. The Kier molecular flexibility index (Phi) is 31.7. The van der Waals surface area contributed by atoms with Crippen LogP contribution in [0.25, 0.3) is 0 Å². The Morgan fingerprint density at radius 2 is 1.68 bits per heavy atom. The number of aliphatic imine (C=N–C) groups is 1. The molecule has 0 spiro atoms. The molecule has 0 saturated carbocycles. The molecule has 1 heterocycles. The third-order valence-electron chi connectivity index (χ3n) is 11.9. The summed E-state index contributed by atoms with van der Waals surface area (Å²) in [5.41, 5.74) is 17.7. The lowest BCUT2D eigenvalue weighted by atomic mass is 9.87. The molecule has 0 bridgehead atoms. The monoisotopic (exact) mass is 993 g/mol. The maximum absolute atomic E-state index is 14.0. The lowest BCUT2D eigenvalue weighted by Gasteiger charge is -2.26. The molecule has 0 unspecified atom stereocenters. The first-order valence-corrected chi connectivity index (χ1v) is 26.7. The summed E-state index contributed by atoms with van der Waals surface area (Å²) in [5.74, 6) is -0.883. The first-order valence-electron chi connectivity index (χ1n) is 24.1. The van der Waals surface area contributed by atoms with Crippen LogP contribution in [0.5, 0.6) is 5.75 Å². The van der Waals surface area contributed by atoms with E-state index in [-0.39, 0.29) is 102 Å². The first-order chi connectivity index (χ1) is 32.6. The van der Waals surface area contributed by atoms with Crippen LogP contribution in [0.4, 0.5) is 0 Å². The zero-order chi connectivity index (χ0) is 50.1. The lowest BCUT2D eigenvalue weighted by molar-refractivity contribution is -0.128. The Morgan fingerprint density at radius 3 is 2.37 bits per heavy atom. The summed E-state index contributed by atoms with van der Waals surface area (Å²) in [6, 6.07) is 4.42. The van der Waals surface area contributed by atoms with Crippen molar-refractivity contribution in [2.45, 2.75) is 122 Å². The molecular formula is C48H80N8O10S2. The van der Waals surface area contributed by atoms with Crippen LogP contribution < -0.4 is 38.5 Å². The number of Topliss-reactive ketones (excluding diaryl/α,β-unsaturated/α-hetero) is 4. The number of carbonyl (C=O) groups excluding carboxylic acids is 7. The van der Waals surface area contributed by atoms with Gasteiger partial charge in [-0.05, 0) is 93.7 Å². The Hall–Kier alpha value is -4.08. The van der Waals surface area contributed by atoms with E-state index in [1.807, 2.05) is 20.1 Å². The van der Waals surface area contributed by atoms with Gasteiger partial charge in [0.1, 0.15) is 17.3 Å². The molecule has 0 aliphatic carbocycles. The fourth-order valence-corrected chi connectivity index (χ4v) is 9.06. The normalized spacial score (nSPS) is 18.7. The number of carbonyl (C=O) groups is 7. The summed E-state index contributed by atoms with van der Waals surface area (Å²) in [5, 5.41) is 22.0. The number of phenols is 1. The standard InChI is InChI=1S/C48H80N8O10S2/c1-4-33(2)46-42(60)19-15-36(10-5-6-21-52-44(62)20-24-66-26-25-65-23-8-11-38(58)30-67-3)43(61)29-55-40(31-68-32-45(63)56-46)41(59)18-14-35(9-7-22-53-48(50)51)28-54-39(47(49)64)27-34-12-16-37(57)17-13-34/h12-13,16-17,33,35-36,39-40,46,54-55,57H,4-11,14-15,18-32H2,1-3H3,(H2,49,64)(H,52,62)(H,56,63)(H4,50,51,53)/t33-,35+,36+,39-,40-,46-/m0/s1. The van der Waals surface area contributed by atoms with Crippen LogP contribution in [0.1, 0.15) is 103 Å². The first kappa shape index (κ1) is 60.0. The minimum atomic E-state index is -0.728. The van der Waals surface area contributed by atoms with Gasteiger partial charge in [-0.25, -0.2) is 0 Å². The SMILES string of the molecule is CC[C@H](C)[C@@H]1NC(=O)CSC[C@@H](C(=O)CC[C@@H](CCCN=C(N)N)CN[C@@H](Cc2ccc(O)cc2)C(N)=O)NCC(=O)[C@H](CCCCNC(=O)CCOCCOCCCC(=O)CSC)CCC1=O. The van der Waals surface area contributed by atoms with Crippen LogP contribution in [0.2, 0.25) is 0 Å². The van der Waals surface area contributed by atoms with Gasteiger partial charge >= 0.3 is 0 Å². The van der Waals surface area contributed by atoms with E-state index in [0.717, 1.165) is 5.56 Å². The fraction of sp³-hybridized carbons (Fsp3) is 0.708. The molecule has 1 aromatic rings. The van der Waals surface area contributed by atoms with Crippen LogP contribution in [-0.2, 0) is 49.5 Å². The predicted molar refractivity (Wildman–Crippen MR) is 269 cm³/mol. The Labute approximate surface area is 411 Å². The number of nitrogens with zero attached hydrogens (tertiary/aromatic N) is 1. The zero-order valence-electron chi connectivity index (χ0n) is 40.6. The van der Waals surface area contributed by atoms with Crippen molar-refractivity contribution in [2.75, 3.05) is 76.1 Å². The van der Waals surface area contributed by atoms with Crippen molar-refractivity contribution in [3.05, 3.63) is 29.8 Å². The summed E-state index contributed by atoms with van der Waals surface area (Å²) < 4.78 is 11.0. The molecule has 11 N–H and O–H groups in total. The topological polar surface area (TPSA) is 297 Å². The van der Waals surface area contributed by atoms with Gasteiger partial charge < -0.3 is 47.7 Å². The average Bonchev–Trinajstić information content (AvgIpc) is 3.30. The molecule has 1 aliphatic heterocycles. The van der Waals surface area contributed by atoms with Gasteiger partial charge in [-0.3, -0.25) is 43.9 Å². The van der Waals surface area contributed by atoms with E-state index in [1.54, 1.807) is 24.3 Å². The van der Waals surface area contributed by atoms with Crippen molar-refractivity contribution in [3.63, 3.8) is 0 Å². The number of hydrogen-bond acceptors (Lipinski definition) is 15. The van der Waals surface area contributed by atoms with Gasteiger partial charge in [0.2, 0.25) is 17.7 Å². The minimum Gasteiger partial charge on any atom is -0.508 e. The van der Waals surface area contributed by atoms with E-state index in [4.69, 9.17) is 26.7 Å². The van der Waals surface area contributed by atoms with E-state index < -0.39 is 30.0 Å². The number of nitrogens with one attached hydrogen (secondary N) is 4. The van der Waals surface area contributed by atoms with Crippen molar-refractivity contribution >= 4 is 70.3 Å². The van der Waals surface area contributed by atoms with Gasteiger partial charge in [-0.15, -0.1) is 11.8 Å². The highest BCUT2D eigenvalue weighted by atomic mass is 32.2. The number of guanidine groups is 1. The second kappa shape index (κ2) is 35.9. The predicted octanol–water partition coefficient (Wildman–Crippen LogP) is 2.59. The zero-order valence-corrected chi connectivity index (χ0v) is 42.2. The highest BCUT2D eigenvalue weighted by Gasteiger charge is 2.30. The van der Waals surface area contributed by atoms with Crippen molar-refractivity contribution in [1.82, 2.24) is 21.3 Å². The number of phenolic OH excluding ortho intramolecular Hbond substituents is 1. The number of thioether (sulfide) groups is 2. The molecule has 1 saturated heterocycles. The van der Waals surface area contributed by atoms with Crippen molar-refractivity contribution < 1.29 is 48.1 Å². The number of hydrogen-bond donors (Lipinski definition) is 8. The Bertz CT molecular complexity index is 1720. The minimum absolute atomic E-state index is 0.0210. The van der Waals surface area contributed by atoms with E-state index in [2.05, 4.69) is 26.3 Å². The van der Waals surface area contributed by atoms with Crippen LogP contribution in [0.15, 0.2) is 29.3 Å². The summed E-state index contributed by atoms with van der Waals surface area (Å²) in [7, 11) is 0. The van der Waals surface area contributed by atoms with Gasteiger partial charge in [0.05, 0.1) is 56.0 Å². The van der Waals surface area contributed by atoms with Crippen LogP contribution in [-0.4, -0.2) is 146 Å². The molecule has 0 aromatic heterocycles. The number of benzene rings is 1. The number of ether oxygens (including phenoxy) is 2. The number of rotatable bonds is 33. The maximum Gasteiger partial charge on any atom is 0.234 e. The second-order valence-electron chi connectivity index (χ2n) is 17.5. The molecule has 1 aliphatic rings. The van der Waals surface area contributed by atoms with Gasteiger partial charge in [-0.1, -0.05) is 38.8 Å². The summed E-state index contributed by atoms with van der Waals surface area (Å²) in [6.07, 6.45) is 8.28.